The van der Waals surface area contributed by atoms with Gasteiger partial charge in [0.1, 0.15) is 5.75 Å². The van der Waals surface area contributed by atoms with Gasteiger partial charge < -0.3 is 20.1 Å². The van der Waals surface area contributed by atoms with Crippen LogP contribution in [0, 0.1) is 0 Å². The molecule has 0 aliphatic rings. The molecule has 0 saturated carbocycles. The van der Waals surface area contributed by atoms with Crippen molar-refractivity contribution in [1.82, 2.24) is 10.3 Å². The van der Waals surface area contributed by atoms with Crippen molar-refractivity contribution in [3.8, 4) is 17.0 Å². The zero-order chi connectivity index (χ0) is 22.9. The van der Waals surface area contributed by atoms with Crippen LogP contribution in [0.3, 0.4) is 0 Å². The topological polar surface area (TPSA) is 91.8 Å². The highest BCUT2D eigenvalue weighted by atomic mass is 32.1. The lowest BCUT2D eigenvalue weighted by Gasteiger charge is -2.20. The first-order chi connectivity index (χ1) is 15.5. The van der Waals surface area contributed by atoms with Gasteiger partial charge in [-0.3, -0.25) is 9.59 Å². The number of amides is 1. The van der Waals surface area contributed by atoms with Gasteiger partial charge in [-0.15, -0.1) is 17.9 Å². The predicted molar refractivity (Wildman–Crippen MR) is 126 cm³/mol. The Bertz CT molecular complexity index is 1080. The van der Waals surface area contributed by atoms with Crippen molar-refractivity contribution in [1.29, 1.82) is 0 Å². The fourth-order valence-electron chi connectivity index (χ4n) is 3.06. The minimum absolute atomic E-state index is 0.0999. The fraction of sp³-hybridized carbons (Fsp3) is 0.208. The molecule has 0 fully saturated rings. The molecule has 0 atom stereocenters. The van der Waals surface area contributed by atoms with Gasteiger partial charge in [0.15, 0.2) is 5.13 Å². The minimum Gasteiger partial charge on any atom is -0.497 e. The molecule has 0 saturated heterocycles. The Kier molecular flexibility index (Phi) is 7.99. The van der Waals surface area contributed by atoms with Crippen LogP contribution in [0.4, 0.5) is 5.13 Å². The number of methoxy groups -OCH3 is 1. The molecule has 7 nitrogen and oxygen atoms in total. The fourth-order valence-corrected chi connectivity index (χ4v) is 3.90. The number of hydrogen-bond donors (Lipinski definition) is 2. The summed E-state index contributed by atoms with van der Waals surface area (Å²) in [4.78, 5) is 29.6. The molecular formula is C24H25N3O4S. The third kappa shape index (κ3) is 6.18. The molecule has 2 N–H and O–H groups in total. The molecule has 166 valence electrons. The van der Waals surface area contributed by atoms with E-state index in [1.54, 1.807) is 30.6 Å². The molecule has 1 aromatic heterocycles. The molecule has 0 aliphatic carbocycles. The lowest BCUT2D eigenvalue weighted by Crippen LogP contribution is -2.26. The predicted octanol–water partition coefficient (Wildman–Crippen LogP) is 4.22. The van der Waals surface area contributed by atoms with Crippen LogP contribution in [0.25, 0.3) is 11.3 Å². The van der Waals surface area contributed by atoms with Crippen molar-refractivity contribution < 1.29 is 19.4 Å². The third-order valence-electron chi connectivity index (χ3n) is 4.69. The van der Waals surface area contributed by atoms with Crippen molar-refractivity contribution in [2.45, 2.75) is 13.0 Å². The van der Waals surface area contributed by atoms with Crippen LogP contribution in [0.2, 0.25) is 0 Å². The van der Waals surface area contributed by atoms with E-state index in [9.17, 15) is 9.59 Å². The van der Waals surface area contributed by atoms with Crippen LogP contribution in [-0.2, 0) is 11.3 Å². The van der Waals surface area contributed by atoms with E-state index < -0.39 is 5.97 Å². The molecule has 0 aliphatic heterocycles. The molecule has 0 radical (unpaired) electrons. The molecule has 1 amide bonds. The molecular weight excluding hydrogens is 426 g/mol. The number of carbonyl (C=O) groups excluding carboxylic acids is 1. The van der Waals surface area contributed by atoms with Gasteiger partial charge in [-0.05, 0) is 29.8 Å². The Balaban J connectivity index is 1.69. The Labute approximate surface area is 191 Å². The highest BCUT2D eigenvalue weighted by Crippen LogP contribution is 2.30. The summed E-state index contributed by atoms with van der Waals surface area (Å²) in [6.45, 7) is 5.19. The van der Waals surface area contributed by atoms with Gasteiger partial charge in [-0.1, -0.05) is 30.3 Å². The number of ether oxygens (including phenoxy) is 1. The summed E-state index contributed by atoms with van der Waals surface area (Å²) < 4.78 is 5.30. The second-order valence-corrected chi connectivity index (χ2v) is 7.85. The van der Waals surface area contributed by atoms with E-state index in [4.69, 9.17) is 14.8 Å². The number of anilines is 1. The first-order valence-electron chi connectivity index (χ1n) is 10.0. The number of aromatic nitrogens is 1. The molecule has 0 unspecified atom stereocenters. The molecule has 0 bridgehead atoms. The van der Waals surface area contributed by atoms with E-state index in [1.807, 2.05) is 47.9 Å². The number of benzene rings is 2. The van der Waals surface area contributed by atoms with Gasteiger partial charge in [-0.25, -0.2) is 4.98 Å². The number of thiazole rings is 1. The highest BCUT2D eigenvalue weighted by molar-refractivity contribution is 7.14. The van der Waals surface area contributed by atoms with E-state index >= 15 is 0 Å². The lowest BCUT2D eigenvalue weighted by molar-refractivity contribution is -0.136. The van der Waals surface area contributed by atoms with E-state index in [-0.39, 0.29) is 18.9 Å². The number of carboxylic acids is 1. The van der Waals surface area contributed by atoms with Crippen LogP contribution in [0.5, 0.6) is 5.75 Å². The average Bonchev–Trinajstić information content (AvgIpc) is 3.29. The van der Waals surface area contributed by atoms with Crippen molar-refractivity contribution in [2.75, 3.05) is 25.1 Å². The quantitative estimate of drug-likeness (QED) is 0.424. The van der Waals surface area contributed by atoms with Gasteiger partial charge in [-0.2, -0.15) is 0 Å². The van der Waals surface area contributed by atoms with Gasteiger partial charge in [0.05, 0.1) is 19.2 Å². The van der Waals surface area contributed by atoms with Crippen LogP contribution < -0.4 is 15.0 Å². The smallest absolute Gasteiger partial charge is 0.305 e. The van der Waals surface area contributed by atoms with Crippen LogP contribution >= 0.6 is 11.3 Å². The summed E-state index contributed by atoms with van der Waals surface area (Å²) >= 11 is 1.56. The van der Waals surface area contributed by atoms with Crippen LogP contribution in [0.1, 0.15) is 22.3 Å². The number of carboxylic acid groups (broad SMARTS) is 1. The Hall–Kier alpha value is -3.65. The zero-order valence-electron chi connectivity index (χ0n) is 17.8. The normalized spacial score (nSPS) is 10.4. The lowest BCUT2D eigenvalue weighted by atomic mass is 10.1. The zero-order valence-corrected chi connectivity index (χ0v) is 18.6. The van der Waals surface area contributed by atoms with Gasteiger partial charge in [0.25, 0.3) is 5.91 Å². The number of aliphatic carboxylic acids is 1. The SMILES string of the molecule is C=CCN(Cc1ccc(C(=O)NCCC(=O)O)cc1)c1nc(-c2cccc(OC)c2)cs1. The maximum atomic E-state index is 12.1. The second kappa shape index (κ2) is 11.1. The van der Waals surface area contributed by atoms with E-state index in [0.717, 1.165) is 27.7 Å². The Morgan fingerprint density at radius 3 is 2.72 bits per heavy atom. The minimum atomic E-state index is -0.945. The number of nitrogens with zero attached hydrogens (tertiary/aromatic N) is 2. The maximum Gasteiger partial charge on any atom is 0.305 e. The monoisotopic (exact) mass is 451 g/mol. The van der Waals surface area contributed by atoms with Crippen molar-refractivity contribution in [3.63, 3.8) is 0 Å². The standard InChI is InChI=1S/C24H25N3O4S/c1-3-13-27(24-26-21(16-32-24)19-5-4-6-20(14-19)31-2)15-17-7-9-18(10-8-17)23(30)25-12-11-22(28)29/h3-10,14,16H,1,11-13,15H2,2H3,(H,25,30)(H,28,29). The number of hydrogen-bond acceptors (Lipinski definition) is 6. The first kappa shape index (κ1) is 23.0. The number of rotatable bonds is 11. The van der Waals surface area contributed by atoms with Gasteiger partial charge >= 0.3 is 5.97 Å². The number of nitrogens with one attached hydrogen (secondary N) is 1. The van der Waals surface area contributed by atoms with Crippen LogP contribution in [0.15, 0.2) is 66.6 Å². The average molecular weight is 452 g/mol. The Morgan fingerprint density at radius 2 is 2.03 bits per heavy atom. The van der Waals surface area contributed by atoms with Gasteiger partial charge in [0.2, 0.25) is 0 Å². The summed E-state index contributed by atoms with van der Waals surface area (Å²) in [6, 6.07) is 15.0. The van der Waals surface area contributed by atoms with Crippen molar-refractivity contribution in [2.24, 2.45) is 0 Å². The van der Waals surface area contributed by atoms with Crippen LogP contribution in [-0.4, -0.2) is 42.2 Å². The second-order valence-electron chi connectivity index (χ2n) is 7.01. The van der Waals surface area contributed by atoms with E-state index in [1.165, 1.54) is 0 Å². The summed E-state index contributed by atoms with van der Waals surface area (Å²) in [7, 11) is 1.64. The van der Waals surface area contributed by atoms with Crippen molar-refractivity contribution >= 4 is 28.3 Å². The molecule has 3 aromatic rings. The van der Waals surface area contributed by atoms with Gasteiger partial charge in [0, 0.05) is 36.1 Å². The summed E-state index contributed by atoms with van der Waals surface area (Å²) in [5.41, 5.74) is 3.38. The first-order valence-corrected chi connectivity index (χ1v) is 10.9. The van der Waals surface area contributed by atoms with E-state index in [2.05, 4.69) is 16.8 Å². The largest absolute Gasteiger partial charge is 0.497 e. The Morgan fingerprint density at radius 1 is 1.25 bits per heavy atom. The van der Waals surface area contributed by atoms with E-state index in [0.29, 0.717) is 18.7 Å². The molecule has 1 heterocycles. The highest BCUT2D eigenvalue weighted by Gasteiger charge is 2.13. The van der Waals surface area contributed by atoms with Crippen molar-refractivity contribution in [3.05, 3.63) is 77.7 Å². The third-order valence-corrected chi connectivity index (χ3v) is 5.59. The molecule has 0 spiro atoms. The maximum absolute atomic E-state index is 12.1. The summed E-state index contributed by atoms with van der Waals surface area (Å²) in [6.07, 6.45) is 1.72. The summed E-state index contributed by atoms with van der Waals surface area (Å²) in [5, 5.41) is 14.2. The summed E-state index contributed by atoms with van der Waals surface area (Å²) in [5.74, 6) is -0.449. The number of carbonyl (C=O) groups is 2. The molecule has 8 heteroatoms. The molecule has 2 aromatic carbocycles. The molecule has 32 heavy (non-hydrogen) atoms. The molecule has 3 rings (SSSR count).